The number of pyridine rings is 1. The van der Waals surface area contributed by atoms with E-state index in [1.165, 1.54) is 21.5 Å². The van der Waals surface area contributed by atoms with Crippen LogP contribution in [0, 0.1) is 0 Å². The maximum absolute atomic E-state index is 6.24. The number of fused-ring (bicyclic) bond motifs is 7. The Morgan fingerprint density at radius 2 is 1.02 bits per heavy atom. The first-order chi connectivity index (χ1) is 26.7. The number of benzene rings is 7. The molecule has 6 nitrogen and oxygen atoms in total. The third-order valence-corrected chi connectivity index (χ3v) is 10.4. The summed E-state index contributed by atoms with van der Waals surface area (Å²) in [4.78, 5) is 19.8. The summed E-state index contributed by atoms with van der Waals surface area (Å²) in [6, 6.07) is 57.1. The van der Waals surface area contributed by atoms with E-state index in [9.17, 15) is 0 Å². The van der Waals surface area contributed by atoms with E-state index in [2.05, 4.69) is 155 Å². The second kappa shape index (κ2) is 12.1. The van der Waals surface area contributed by atoms with Gasteiger partial charge >= 0.3 is 0 Å². The molecule has 4 heterocycles. The van der Waals surface area contributed by atoms with Gasteiger partial charge in [0.2, 0.25) is 0 Å². The normalized spacial score (nSPS) is 11.7. The van der Waals surface area contributed by atoms with Gasteiger partial charge in [-0.05, 0) is 70.4 Å². The first-order valence-corrected chi connectivity index (χ1v) is 18.0. The highest BCUT2D eigenvalue weighted by atomic mass is 16.3. The molecule has 0 spiro atoms. The number of aromatic nitrogens is 5. The highest BCUT2D eigenvalue weighted by Crippen LogP contribution is 2.37. The Labute approximate surface area is 309 Å². The van der Waals surface area contributed by atoms with Crippen molar-refractivity contribution in [3.8, 4) is 51.0 Å². The van der Waals surface area contributed by atoms with E-state index in [1.54, 1.807) is 12.4 Å². The monoisotopic (exact) mass is 691 g/mol. The van der Waals surface area contributed by atoms with Crippen molar-refractivity contribution in [3.05, 3.63) is 176 Å². The molecule has 54 heavy (non-hydrogen) atoms. The molecule has 0 amide bonds. The zero-order valence-corrected chi connectivity index (χ0v) is 28.9. The number of rotatable bonds is 5. The van der Waals surface area contributed by atoms with Crippen LogP contribution in [0.4, 0.5) is 0 Å². The minimum absolute atomic E-state index is 0.561. The number of hydrogen-bond acceptors (Lipinski definition) is 5. The van der Waals surface area contributed by atoms with Crippen molar-refractivity contribution in [1.82, 2.24) is 24.5 Å². The van der Waals surface area contributed by atoms with Crippen LogP contribution < -0.4 is 0 Å². The molecule has 0 radical (unpaired) electrons. The fraction of sp³-hybridized carbons (Fsp3) is 0. The van der Waals surface area contributed by atoms with Crippen LogP contribution in [-0.4, -0.2) is 24.5 Å². The molecule has 7 aromatic carbocycles. The third kappa shape index (κ3) is 4.89. The van der Waals surface area contributed by atoms with Crippen LogP contribution in [-0.2, 0) is 0 Å². The quantitative estimate of drug-likeness (QED) is 0.180. The summed E-state index contributed by atoms with van der Waals surface area (Å²) in [6.45, 7) is 0. The van der Waals surface area contributed by atoms with Gasteiger partial charge in [-0.1, -0.05) is 115 Å². The summed E-state index contributed by atoms with van der Waals surface area (Å²) < 4.78 is 8.55. The Morgan fingerprint density at radius 3 is 1.83 bits per heavy atom. The molecular formula is C48H29N5O. The lowest BCUT2D eigenvalue weighted by Gasteiger charge is -2.14. The molecule has 0 atom stereocenters. The predicted octanol–water partition coefficient (Wildman–Crippen LogP) is 12.1. The lowest BCUT2D eigenvalue weighted by atomic mass is 10.00. The number of furan rings is 1. The van der Waals surface area contributed by atoms with Gasteiger partial charge in [0.05, 0.1) is 22.9 Å². The van der Waals surface area contributed by atoms with Crippen molar-refractivity contribution in [2.75, 3.05) is 0 Å². The standard InChI is InChI=1S/C48H29N5O/c1-2-10-33-27-34(22-19-30(33)9-1)31-17-20-32(21-18-31)46-50-47(35-23-24-38-39-25-26-49-29-45(39)54-44(38)28-35)52-48(51-46)40-13-5-8-16-43(40)53-41-14-6-3-11-36(41)37-12-4-7-15-42(37)53/h1-29H. The molecule has 0 aliphatic rings. The number of para-hydroxylation sites is 3. The summed E-state index contributed by atoms with van der Waals surface area (Å²) in [5.74, 6) is 1.73. The average Bonchev–Trinajstić information content (AvgIpc) is 3.79. The van der Waals surface area contributed by atoms with Crippen LogP contribution in [0.15, 0.2) is 181 Å². The Hall–Kier alpha value is -7.44. The van der Waals surface area contributed by atoms with Gasteiger partial charge in [-0.15, -0.1) is 0 Å². The van der Waals surface area contributed by atoms with Crippen LogP contribution in [0.3, 0.4) is 0 Å². The van der Waals surface area contributed by atoms with Gasteiger partial charge in [0.1, 0.15) is 5.58 Å². The minimum Gasteiger partial charge on any atom is -0.454 e. The van der Waals surface area contributed by atoms with Crippen LogP contribution in [0.5, 0.6) is 0 Å². The lowest BCUT2D eigenvalue weighted by Crippen LogP contribution is -2.03. The summed E-state index contributed by atoms with van der Waals surface area (Å²) in [5.41, 5.74) is 9.65. The van der Waals surface area contributed by atoms with Crippen LogP contribution in [0.25, 0.3) is 105 Å². The molecule has 0 aliphatic heterocycles. The molecule has 6 heteroatoms. The molecule has 252 valence electrons. The largest absolute Gasteiger partial charge is 0.454 e. The van der Waals surface area contributed by atoms with Crippen molar-refractivity contribution in [2.24, 2.45) is 0 Å². The highest BCUT2D eigenvalue weighted by molar-refractivity contribution is 6.10. The SMILES string of the molecule is c1ccc(-n2c3ccccc3c3ccccc32)c(-c2nc(-c3ccc(-c4ccc5ccccc5c4)cc3)nc(-c3ccc4c(c3)oc3cnccc34)n2)c1. The smallest absolute Gasteiger partial charge is 0.166 e. The first-order valence-electron chi connectivity index (χ1n) is 18.0. The van der Waals surface area contributed by atoms with Crippen molar-refractivity contribution < 1.29 is 4.42 Å². The van der Waals surface area contributed by atoms with Crippen molar-refractivity contribution >= 4 is 54.5 Å². The summed E-state index contributed by atoms with van der Waals surface area (Å²) >= 11 is 0. The molecule has 0 saturated heterocycles. The molecule has 4 aromatic heterocycles. The maximum Gasteiger partial charge on any atom is 0.166 e. The molecule has 0 unspecified atom stereocenters. The Bertz CT molecular complexity index is 3180. The Kier molecular flexibility index (Phi) is 6.75. The average molecular weight is 692 g/mol. The van der Waals surface area contributed by atoms with Gasteiger partial charge in [-0.2, -0.15) is 0 Å². The predicted molar refractivity (Wildman–Crippen MR) is 218 cm³/mol. The molecular weight excluding hydrogens is 663 g/mol. The highest BCUT2D eigenvalue weighted by Gasteiger charge is 2.19. The van der Waals surface area contributed by atoms with Gasteiger partial charge in [0.15, 0.2) is 23.1 Å². The van der Waals surface area contributed by atoms with E-state index in [1.807, 2.05) is 18.2 Å². The van der Waals surface area contributed by atoms with E-state index < -0.39 is 0 Å². The number of nitrogens with zero attached hydrogens (tertiary/aromatic N) is 5. The van der Waals surface area contributed by atoms with Crippen molar-refractivity contribution in [1.29, 1.82) is 0 Å². The molecule has 11 rings (SSSR count). The Morgan fingerprint density at radius 1 is 0.407 bits per heavy atom. The van der Waals surface area contributed by atoms with Gasteiger partial charge < -0.3 is 8.98 Å². The van der Waals surface area contributed by atoms with Crippen LogP contribution in [0.1, 0.15) is 0 Å². The fourth-order valence-corrected chi connectivity index (χ4v) is 7.75. The van der Waals surface area contributed by atoms with E-state index in [0.29, 0.717) is 17.5 Å². The molecule has 0 bridgehead atoms. The third-order valence-electron chi connectivity index (χ3n) is 10.4. The second-order valence-electron chi connectivity index (χ2n) is 13.5. The van der Waals surface area contributed by atoms with Crippen LogP contribution >= 0.6 is 0 Å². The van der Waals surface area contributed by atoms with Crippen molar-refractivity contribution in [2.45, 2.75) is 0 Å². The molecule has 0 aliphatic carbocycles. The fourth-order valence-electron chi connectivity index (χ4n) is 7.75. The molecule has 0 N–H and O–H groups in total. The zero-order valence-electron chi connectivity index (χ0n) is 28.9. The molecule has 0 fully saturated rings. The van der Waals surface area contributed by atoms with E-state index in [4.69, 9.17) is 19.4 Å². The van der Waals surface area contributed by atoms with Crippen molar-refractivity contribution in [3.63, 3.8) is 0 Å². The molecule has 11 aromatic rings. The maximum atomic E-state index is 6.24. The summed E-state index contributed by atoms with van der Waals surface area (Å²) in [7, 11) is 0. The van der Waals surface area contributed by atoms with E-state index >= 15 is 0 Å². The van der Waals surface area contributed by atoms with E-state index in [-0.39, 0.29) is 0 Å². The van der Waals surface area contributed by atoms with Gasteiger partial charge in [0.25, 0.3) is 0 Å². The summed E-state index contributed by atoms with van der Waals surface area (Å²) in [6.07, 6.45) is 3.54. The minimum atomic E-state index is 0.561. The van der Waals surface area contributed by atoms with Gasteiger partial charge in [-0.3, -0.25) is 4.98 Å². The van der Waals surface area contributed by atoms with Crippen LogP contribution in [0.2, 0.25) is 0 Å². The molecule has 0 saturated carbocycles. The summed E-state index contributed by atoms with van der Waals surface area (Å²) in [5, 5.41) is 6.87. The number of hydrogen-bond donors (Lipinski definition) is 0. The van der Waals surface area contributed by atoms with Gasteiger partial charge in [-0.25, -0.2) is 15.0 Å². The Balaban J connectivity index is 1.10. The van der Waals surface area contributed by atoms with E-state index in [0.717, 1.165) is 66.5 Å². The topological polar surface area (TPSA) is 69.6 Å². The first kappa shape index (κ1) is 30.2. The zero-order chi connectivity index (χ0) is 35.6. The van der Waals surface area contributed by atoms with Gasteiger partial charge in [0, 0.05) is 44.4 Å². The second-order valence-corrected chi connectivity index (χ2v) is 13.5. The lowest BCUT2D eigenvalue weighted by molar-refractivity contribution is 0.667.